The van der Waals surface area contributed by atoms with E-state index in [1.165, 1.54) is 11.3 Å². The van der Waals surface area contributed by atoms with Crippen LogP contribution in [0.25, 0.3) is 15.7 Å². The molecule has 6 heteroatoms. The molecule has 0 N–H and O–H groups in total. The van der Waals surface area contributed by atoms with Gasteiger partial charge in [0.25, 0.3) is 0 Å². The molecule has 0 radical (unpaired) electrons. The second kappa shape index (κ2) is 4.45. The van der Waals surface area contributed by atoms with Gasteiger partial charge in [-0.1, -0.05) is 31.3 Å². The molecule has 5 nitrogen and oxygen atoms in total. The van der Waals surface area contributed by atoms with E-state index in [2.05, 4.69) is 34.1 Å². The van der Waals surface area contributed by atoms with Crippen molar-refractivity contribution in [3.8, 4) is 10.7 Å². The van der Waals surface area contributed by atoms with Crippen LogP contribution in [0.2, 0.25) is 0 Å². The van der Waals surface area contributed by atoms with Gasteiger partial charge in [-0.05, 0) is 18.1 Å². The van der Waals surface area contributed by atoms with Crippen LogP contribution in [-0.2, 0) is 6.42 Å². The van der Waals surface area contributed by atoms with E-state index in [1.807, 2.05) is 22.7 Å². The Bertz CT molecular complexity index is 655. The fraction of sp³-hybridized carbons (Fsp3) is 0.333. The van der Waals surface area contributed by atoms with Gasteiger partial charge in [0, 0.05) is 12.6 Å². The van der Waals surface area contributed by atoms with Crippen molar-refractivity contribution in [2.75, 3.05) is 0 Å². The molecule has 0 aromatic carbocycles. The van der Waals surface area contributed by atoms with Crippen LogP contribution in [0.15, 0.2) is 24.4 Å². The average Bonchev–Trinajstić information content (AvgIpc) is 2.92. The molecule has 0 aliphatic heterocycles. The van der Waals surface area contributed by atoms with Gasteiger partial charge in [0.05, 0.1) is 0 Å². The minimum atomic E-state index is 0.539. The highest BCUT2D eigenvalue weighted by Crippen LogP contribution is 2.23. The van der Waals surface area contributed by atoms with Gasteiger partial charge in [-0.2, -0.15) is 9.61 Å². The monoisotopic (exact) mass is 259 g/mol. The molecule has 0 unspecified atom stereocenters. The summed E-state index contributed by atoms with van der Waals surface area (Å²) < 4.78 is 1.83. The number of fused-ring (bicyclic) bond motifs is 1. The molecule has 0 amide bonds. The molecule has 0 saturated carbocycles. The molecule has 18 heavy (non-hydrogen) atoms. The molecule has 0 aliphatic rings. The summed E-state index contributed by atoms with van der Waals surface area (Å²) in [5, 5.41) is 13.8. The highest BCUT2D eigenvalue weighted by molar-refractivity contribution is 7.19. The SMILES string of the molecule is CC(C)Cc1nnc2sc(-c3ccccn3)nn12. The molecule has 0 saturated heterocycles. The average molecular weight is 259 g/mol. The van der Waals surface area contributed by atoms with Gasteiger partial charge in [0.1, 0.15) is 5.69 Å². The summed E-state index contributed by atoms with van der Waals surface area (Å²) in [7, 11) is 0. The summed E-state index contributed by atoms with van der Waals surface area (Å²) >= 11 is 1.51. The third-order valence-electron chi connectivity index (χ3n) is 2.53. The predicted molar refractivity (Wildman–Crippen MR) is 70.4 cm³/mol. The van der Waals surface area contributed by atoms with Crippen molar-refractivity contribution >= 4 is 16.3 Å². The van der Waals surface area contributed by atoms with Gasteiger partial charge in [-0.25, -0.2) is 0 Å². The largest absolute Gasteiger partial charge is 0.254 e. The van der Waals surface area contributed by atoms with E-state index in [9.17, 15) is 0 Å². The van der Waals surface area contributed by atoms with Gasteiger partial charge in [0.2, 0.25) is 4.96 Å². The summed E-state index contributed by atoms with van der Waals surface area (Å²) in [5.74, 6) is 1.45. The second-order valence-electron chi connectivity index (χ2n) is 4.53. The lowest BCUT2D eigenvalue weighted by atomic mass is 10.1. The lowest BCUT2D eigenvalue weighted by molar-refractivity contribution is 0.607. The van der Waals surface area contributed by atoms with Crippen LogP contribution in [0, 0.1) is 5.92 Å². The standard InChI is InChI=1S/C12H13N5S/c1-8(2)7-10-14-15-12-17(10)16-11(18-12)9-5-3-4-6-13-9/h3-6,8H,7H2,1-2H3. The molecule has 3 heterocycles. The fourth-order valence-corrected chi connectivity index (χ4v) is 2.58. The molecule has 3 aromatic heterocycles. The Morgan fingerprint density at radius 1 is 1.28 bits per heavy atom. The van der Waals surface area contributed by atoms with Crippen LogP contribution >= 0.6 is 11.3 Å². The number of hydrogen-bond donors (Lipinski definition) is 0. The molecule has 0 aliphatic carbocycles. The second-order valence-corrected chi connectivity index (χ2v) is 5.49. The summed E-state index contributed by atoms with van der Waals surface area (Å²) in [6, 6.07) is 5.81. The first-order chi connectivity index (χ1) is 8.74. The zero-order chi connectivity index (χ0) is 12.5. The van der Waals surface area contributed by atoms with Crippen LogP contribution in [0.5, 0.6) is 0 Å². The van der Waals surface area contributed by atoms with Crippen LogP contribution in [0.1, 0.15) is 19.7 Å². The number of nitrogens with zero attached hydrogens (tertiary/aromatic N) is 5. The van der Waals surface area contributed by atoms with Gasteiger partial charge >= 0.3 is 0 Å². The maximum Gasteiger partial charge on any atom is 0.235 e. The first-order valence-electron chi connectivity index (χ1n) is 5.86. The number of aromatic nitrogens is 5. The Kier molecular flexibility index (Phi) is 2.79. The molecule has 92 valence electrons. The van der Waals surface area contributed by atoms with Crippen LogP contribution in [0.4, 0.5) is 0 Å². The Labute approximate surface area is 109 Å². The zero-order valence-electron chi connectivity index (χ0n) is 10.2. The highest BCUT2D eigenvalue weighted by atomic mass is 32.1. The van der Waals surface area contributed by atoms with Crippen molar-refractivity contribution in [1.82, 2.24) is 24.8 Å². The number of hydrogen-bond acceptors (Lipinski definition) is 5. The van der Waals surface area contributed by atoms with Crippen molar-refractivity contribution in [3.05, 3.63) is 30.2 Å². The van der Waals surface area contributed by atoms with Crippen LogP contribution < -0.4 is 0 Å². The lowest BCUT2D eigenvalue weighted by Gasteiger charge is -1.99. The molecular weight excluding hydrogens is 246 g/mol. The van der Waals surface area contributed by atoms with Crippen molar-refractivity contribution in [2.24, 2.45) is 5.92 Å². The van der Waals surface area contributed by atoms with E-state index in [0.717, 1.165) is 27.9 Å². The quantitative estimate of drug-likeness (QED) is 0.725. The smallest absolute Gasteiger partial charge is 0.235 e. The molecule has 0 bridgehead atoms. The Morgan fingerprint density at radius 3 is 2.89 bits per heavy atom. The maximum atomic E-state index is 4.54. The van der Waals surface area contributed by atoms with Gasteiger partial charge in [-0.15, -0.1) is 10.2 Å². The third kappa shape index (κ3) is 1.99. The number of pyridine rings is 1. The van der Waals surface area contributed by atoms with Gasteiger partial charge in [0.15, 0.2) is 10.8 Å². The Morgan fingerprint density at radius 2 is 2.17 bits per heavy atom. The molecule has 0 spiro atoms. The number of rotatable bonds is 3. The van der Waals surface area contributed by atoms with E-state index >= 15 is 0 Å². The molecule has 0 atom stereocenters. The van der Waals surface area contributed by atoms with Crippen LogP contribution in [0.3, 0.4) is 0 Å². The molecule has 0 fully saturated rings. The molecule has 3 rings (SSSR count). The van der Waals surface area contributed by atoms with Gasteiger partial charge in [-0.3, -0.25) is 4.98 Å². The molecule has 3 aromatic rings. The van der Waals surface area contributed by atoms with E-state index in [4.69, 9.17) is 0 Å². The topological polar surface area (TPSA) is 56.0 Å². The Balaban J connectivity index is 2.04. The van der Waals surface area contributed by atoms with Crippen molar-refractivity contribution in [1.29, 1.82) is 0 Å². The normalized spacial score (nSPS) is 11.5. The predicted octanol–water partition coefficient (Wildman–Crippen LogP) is 2.45. The third-order valence-corrected chi connectivity index (χ3v) is 3.45. The first kappa shape index (κ1) is 11.3. The first-order valence-corrected chi connectivity index (χ1v) is 6.68. The molecular formula is C12H13N5S. The highest BCUT2D eigenvalue weighted by Gasteiger charge is 2.13. The van der Waals surface area contributed by atoms with E-state index in [1.54, 1.807) is 6.20 Å². The Hall–Kier alpha value is -1.82. The summed E-state index contributed by atoms with van der Waals surface area (Å²) in [4.78, 5) is 5.13. The van der Waals surface area contributed by atoms with Crippen LogP contribution in [-0.4, -0.2) is 24.8 Å². The lowest BCUT2D eigenvalue weighted by Crippen LogP contribution is -2.01. The zero-order valence-corrected chi connectivity index (χ0v) is 11.1. The maximum absolute atomic E-state index is 4.54. The summed E-state index contributed by atoms with van der Waals surface area (Å²) in [6.45, 7) is 4.32. The van der Waals surface area contributed by atoms with E-state index in [-0.39, 0.29) is 0 Å². The van der Waals surface area contributed by atoms with Gasteiger partial charge < -0.3 is 0 Å². The van der Waals surface area contributed by atoms with Crippen molar-refractivity contribution < 1.29 is 0 Å². The van der Waals surface area contributed by atoms with Crippen molar-refractivity contribution in [2.45, 2.75) is 20.3 Å². The summed E-state index contributed by atoms with van der Waals surface area (Å²) in [5.41, 5.74) is 0.878. The van der Waals surface area contributed by atoms with E-state index < -0.39 is 0 Å². The fourth-order valence-electron chi connectivity index (χ4n) is 1.74. The van der Waals surface area contributed by atoms with Crippen molar-refractivity contribution in [3.63, 3.8) is 0 Å². The van der Waals surface area contributed by atoms with E-state index in [0.29, 0.717) is 5.92 Å². The minimum absolute atomic E-state index is 0.539. The minimum Gasteiger partial charge on any atom is -0.254 e. The summed E-state index contributed by atoms with van der Waals surface area (Å²) in [6.07, 6.45) is 2.65.